The fourth-order valence-electron chi connectivity index (χ4n) is 1.63. The van der Waals surface area contributed by atoms with E-state index in [2.05, 4.69) is 0 Å². The number of carbonyl (C=O) groups excluding carboxylic acids is 1. The molecule has 0 amide bonds. The van der Waals surface area contributed by atoms with Crippen LogP contribution in [0.5, 0.6) is 0 Å². The second-order valence-corrected chi connectivity index (χ2v) is 4.18. The maximum Gasteiger partial charge on any atom is 0.140 e. The number of benzene rings is 1. The predicted octanol–water partition coefficient (Wildman–Crippen LogP) is 2.45. The van der Waals surface area contributed by atoms with E-state index >= 15 is 0 Å². The van der Waals surface area contributed by atoms with Gasteiger partial charge in [-0.15, -0.1) is 0 Å². The summed E-state index contributed by atoms with van der Waals surface area (Å²) in [7, 11) is 0. The van der Waals surface area contributed by atoms with E-state index in [4.69, 9.17) is 5.73 Å². The van der Waals surface area contributed by atoms with Crippen molar-refractivity contribution < 1.29 is 13.6 Å². The smallest absolute Gasteiger partial charge is 0.140 e. The molecule has 1 unspecified atom stereocenters. The number of nitrogens with two attached hydrogens (primary N) is 1. The molecule has 17 heavy (non-hydrogen) atoms. The molecule has 1 aromatic carbocycles. The van der Waals surface area contributed by atoms with Gasteiger partial charge in [-0.3, -0.25) is 4.79 Å². The largest absolute Gasteiger partial charge is 0.330 e. The first-order valence-electron chi connectivity index (χ1n) is 5.72. The fourth-order valence-corrected chi connectivity index (χ4v) is 1.63. The Hall–Kier alpha value is -1.29. The van der Waals surface area contributed by atoms with Crippen molar-refractivity contribution in [3.05, 3.63) is 35.4 Å². The van der Waals surface area contributed by atoms with Gasteiger partial charge >= 0.3 is 0 Å². The molecule has 1 atom stereocenters. The Morgan fingerprint density at radius 1 is 1.35 bits per heavy atom. The van der Waals surface area contributed by atoms with Crippen molar-refractivity contribution >= 4 is 5.78 Å². The summed E-state index contributed by atoms with van der Waals surface area (Å²) in [6.07, 6.45) is 1.21. The Bertz CT molecular complexity index is 373. The van der Waals surface area contributed by atoms with Gasteiger partial charge in [0.05, 0.1) is 0 Å². The summed E-state index contributed by atoms with van der Waals surface area (Å²) in [5.41, 5.74) is 5.20. The van der Waals surface area contributed by atoms with Gasteiger partial charge in [0.2, 0.25) is 0 Å². The van der Waals surface area contributed by atoms with Gasteiger partial charge in [0.15, 0.2) is 0 Å². The highest BCUT2D eigenvalue weighted by Crippen LogP contribution is 2.16. The molecular weight excluding hydrogens is 224 g/mol. The molecular formula is C13H17F2NO. The minimum atomic E-state index is -0.663. The summed E-state index contributed by atoms with van der Waals surface area (Å²) < 4.78 is 26.6. The van der Waals surface area contributed by atoms with E-state index in [9.17, 15) is 13.6 Å². The van der Waals surface area contributed by atoms with Crippen molar-refractivity contribution in [2.45, 2.75) is 26.2 Å². The standard InChI is InChI=1S/C13H17F2NO/c1-9(4-3-7-16)13(17)8-10-11(14)5-2-6-12(10)15/h2,5-6,9H,3-4,7-8,16H2,1H3. The van der Waals surface area contributed by atoms with E-state index in [1.54, 1.807) is 6.92 Å². The maximum absolute atomic E-state index is 13.3. The van der Waals surface area contributed by atoms with Gasteiger partial charge in [-0.2, -0.15) is 0 Å². The zero-order chi connectivity index (χ0) is 12.8. The molecule has 0 aliphatic rings. The average molecular weight is 241 g/mol. The van der Waals surface area contributed by atoms with Crippen molar-refractivity contribution in [2.75, 3.05) is 6.54 Å². The molecule has 0 saturated carbocycles. The van der Waals surface area contributed by atoms with Gasteiger partial charge in [-0.25, -0.2) is 8.78 Å². The molecule has 0 radical (unpaired) electrons. The lowest BCUT2D eigenvalue weighted by atomic mass is 9.95. The molecule has 2 nitrogen and oxygen atoms in total. The van der Waals surface area contributed by atoms with E-state index in [0.29, 0.717) is 13.0 Å². The Labute approximate surface area is 99.8 Å². The van der Waals surface area contributed by atoms with E-state index in [0.717, 1.165) is 18.6 Å². The van der Waals surface area contributed by atoms with Gasteiger partial charge in [0, 0.05) is 17.9 Å². The molecule has 4 heteroatoms. The van der Waals surface area contributed by atoms with E-state index in [-0.39, 0.29) is 23.7 Å². The molecule has 94 valence electrons. The summed E-state index contributed by atoms with van der Waals surface area (Å²) in [4.78, 5) is 11.7. The molecule has 1 rings (SSSR count). The van der Waals surface area contributed by atoms with Crippen LogP contribution in [0, 0.1) is 17.6 Å². The lowest BCUT2D eigenvalue weighted by Crippen LogP contribution is -2.16. The van der Waals surface area contributed by atoms with Crippen molar-refractivity contribution in [1.29, 1.82) is 0 Å². The van der Waals surface area contributed by atoms with Crippen LogP contribution >= 0.6 is 0 Å². The molecule has 0 aromatic heterocycles. The third-order valence-electron chi connectivity index (χ3n) is 2.80. The highest BCUT2D eigenvalue weighted by Gasteiger charge is 2.17. The fraction of sp³-hybridized carbons (Fsp3) is 0.462. The van der Waals surface area contributed by atoms with Crippen molar-refractivity contribution in [2.24, 2.45) is 11.7 Å². The van der Waals surface area contributed by atoms with Crippen LogP contribution in [0.25, 0.3) is 0 Å². The first-order valence-corrected chi connectivity index (χ1v) is 5.72. The minimum Gasteiger partial charge on any atom is -0.330 e. The van der Waals surface area contributed by atoms with Crippen LogP contribution in [0.2, 0.25) is 0 Å². The third-order valence-corrected chi connectivity index (χ3v) is 2.80. The minimum absolute atomic E-state index is 0.142. The quantitative estimate of drug-likeness (QED) is 0.831. The highest BCUT2D eigenvalue weighted by atomic mass is 19.1. The number of carbonyl (C=O) groups is 1. The average Bonchev–Trinajstić information content (AvgIpc) is 2.30. The molecule has 1 aromatic rings. The summed E-state index contributed by atoms with van der Waals surface area (Å²) in [5.74, 6) is -1.69. The number of halogens is 2. The zero-order valence-corrected chi connectivity index (χ0v) is 9.88. The van der Waals surface area contributed by atoms with Gasteiger partial charge in [0.25, 0.3) is 0 Å². The summed E-state index contributed by atoms with van der Waals surface area (Å²) >= 11 is 0. The number of rotatable bonds is 6. The first-order chi connectivity index (χ1) is 8.06. The maximum atomic E-state index is 13.3. The van der Waals surface area contributed by atoms with E-state index in [1.165, 1.54) is 6.07 Å². The number of hydrogen-bond acceptors (Lipinski definition) is 2. The zero-order valence-electron chi connectivity index (χ0n) is 9.88. The predicted molar refractivity (Wildman–Crippen MR) is 62.5 cm³/mol. The van der Waals surface area contributed by atoms with Crippen molar-refractivity contribution in [3.8, 4) is 0 Å². The van der Waals surface area contributed by atoms with Crippen LogP contribution in [0.4, 0.5) is 8.78 Å². The summed E-state index contributed by atoms with van der Waals surface area (Å²) in [6.45, 7) is 2.28. The molecule has 0 spiro atoms. The Morgan fingerprint density at radius 2 is 1.94 bits per heavy atom. The second kappa shape index (κ2) is 6.45. The van der Waals surface area contributed by atoms with Gasteiger partial charge < -0.3 is 5.73 Å². The Balaban J connectivity index is 2.68. The highest BCUT2D eigenvalue weighted by molar-refractivity contribution is 5.83. The van der Waals surface area contributed by atoms with Crippen LogP contribution in [0.15, 0.2) is 18.2 Å². The van der Waals surface area contributed by atoms with E-state index < -0.39 is 11.6 Å². The van der Waals surface area contributed by atoms with Gasteiger partial charge in [-0.05, 0) is 31.5 Å². The molecule has 0 fully saturated rings. The Morgan fingerprint density at radius 3 is 2.47 bits per heavy atom. The monoisotopic (exact) mass is 241 g/mol. The van der Waals surface area contributed by atoms with Crippen LogP contribution in [-0.2, 0) is 11.2 Å². The van der Waals surface area contributed by atoms with Crippen molar-refractivity contribution in [1.82, 2.24) is 0 Å². The van der Waals surface area contributed by atoms with Gasteiger partial charge in [-0.1, -0.05) is 13.0 Å². The lowest BCUT2D eigenvalue weighted by molar-refractivity contribution is -0.122. The lowest BCUT2D eigenvalue weighted by Gasteiger charge is -2.10. The number of Topliss-reactive ketones (excluding diaryl/α,β-unsaturated/α-hetero) is 1. The molecule has 0 bridgehead atoms. The molecule has 0 aliphatic heterocycles. The molecule has 0 saturated heterocycles. The topological polar surface area (TPSA) is 43.1 Å². The van der Waals surface area contributed by atoms with Crippen LogP contribution < -0.4 is 5.73 Å². The Kier molecular flexibility index (Phi) is 5.22. The van der Waals surface area contributed by atoms with Crippen LogP contribution in [-0.4, -0.2) is 12.3 Å². The number of hydrogen-bond donors (Lipinski definition) is 1. The SMILES string of the molecule is CC(CCCN)C(=O)Cc1c(F)cccc1F. The first kappa shape index (κ1) is 13.8. The summed E-state index contributed by atoms with van der Waals surface area (Å²) in [6, 6.07) is 3.61. The van der Waals surface area contributed by atoms with Crippen LogP contribution in [0.3, 0.4) is 0 Å². The normalized spacial score (nSPS) is 12.5. The third kappa shape index (κ3) is 3.89. The van der Waals surface area contributed by atoms with Gasteiger partial charge in [0.1, 0.15) is 17.4 Å². The second-order valence-electron chi connectivity index (χ2n) is 4.18. The van der Waals surface area contributed by atoms with Crippen LogP contribution in [0.1, 0.15) is 25.3 Å². The molecule has 0 aliphatic carbocycles. The van der Waals surface area contributed by atoms with Crippen molar-refractivity contribution in [3.63, 3.8) is 0 Å². The summed E-state index contributed by atoms with van der Waals surface area (Å²) in [5, 5.41) is 0. The van der Waals surface area contributed by atoms with E-state index in [1.807, 2.05) is 0 Å². The molecule has 0 heterocycles. The number of ketones is 1. The molecule has 2 N–H and O–H groups in total.